The number of nitrogens with zero attached hydrogens (tertiary/aromatic N) is 2. The molecule has 12 heteroatoms. The Morgan fingerprint density at radius 1 is 1.30 bits per heavy atom. The van der Waals surface area contributed by atoms with Gasteiger partial charge in [-0.25, -0.2) is 15.1 Å². The summed E-state index contributed by atoms with van der Waals surface area (Å²) >= 11 is 7.76. The number of carbonyl (C=O) groups excluding carboxylic acids is 1. The fourth-order valence-electron chi connectivity index (χ4n) is 5.18. The molecular formula is C25H28ClN5O4S2. The van der Waals surface area contributed by atoms with Crippen LogP contribution in [-0.4, -0.2) is 43.4 Å². The third kappa shape index (κ3) is 6.02. The molecule has 1 saturated carbocycles. The van der Waals surface area contributed by atoms with Crippen LogP contribution >= 0.6 is 22.9 Å². The highest BCUT2D eigenvalue weighted by Gasteiger charge is 2.29. The predicted molar refractivity (Wildman–Crippen MR) is 143 cm³/mol. The van der Waals surface area contributed by atoms with E-state index in [0.29, 0.717) is 27.7 Å². The molecular weight excluding hydrogens is 534 g/mol. The molecule has 3 aromatic rings. The molecule has 196 valence electrons. The smallest absolute Gasteiger partial charge is 0.333 e. The van der Waals surface area contributed by atoms with E-state index in [2.05, 4.69) is 26.7 Å². The van der Waals surface area contributed by atoms with Gasteiger partial charge >= 0.3 is 10.3 Å². The highest BCUT2D eigenvalue weighted by atomic mass is 35.5. The van der Waals surface area contributed by atoms with E-state index < -0.39 is 10.3 Å². The Morgan fingerprint density at radius 2 is 2.14 bits per heavy atom. The highest BCUT2D eigenvalue weighted by molar-refractivity contribution is 7.84. The summed E-state index contributed by atoms with van der Waals surface area (Å²) in [6.45, 7) is 2.93. The number of fused-ring (bicyclic) bond motifs is 1. The molecule has 2 unspecified atom stereocenters. The Kier molecular flexibility index (Phi) is 7.62. The van der Waals surface area contributed by atoms with E-state index in [1.165, 1.54) is 29.4 Å². The van der Waals surface area contributed by atoms with Crippen molar-refractivity contribution in [3.63, 3.8) is 0 Å². The summed E-state index contributed by atoms with van der Waals surface area (Å²) in [6, 6.07) is 7.96. The third-order valence-corrected chi connectivity index (χ3v) is 8.72. The minimum Gasteiger partial charge on any atom is -0.367 e. The SMILES string of the molecule is Cc1sc(C(=O)c2cncnc2NC2CC[C@@H](COS(N)(=O)=O)C2)cc1C1NCCc2ccc(Cl)cc21. The number of benzene rings is 1. The number of rotatable bonds is 8. The summed E-state index contributed by atoms with van der Waals surface area (Å²) < 4.78 is 26.9. The molecule has 1 aliphatic heterocycles. The standard InChI is InChI=1S/C25H28ClN5O4S2/c1-14-19(23-20-9-17(26)4-3-16(20)6-7-29-23)10-22(36-14)24(32)21-11-28-13-30-25(21)31-18-5-2-15(8-18)12-35-37(27,33)34/h3-4,9-11,13,15,18,23,29H,2,5-8,12H2,1H3,(H2,27,33,34)(H,28,30,31)/t15-,18?,23?/m1/s1. The van der Waals surface area contributed by atoms with Crippen molar-refractivity contribution in [1.82, 2.24) is 15.3 Å². The predicted octanol–water partition coefficient (Wildman–Crippen LogP) is 3.77. The van der Waals surface area contributed by atoms with Gasteiger partial charge in [0, 0.05) is 28.7 Å². The fraction of sp³-hybridized carbons (Fsp3) is 0.400. The first kappa shape index (κ1) is 26.2. The fourth-order valence-corrected chi connectivity index (χ4v) is 6.76. The van der Waals surface area contributed by atoms with Gasteiger partial charge in [-0.3, -0.25) is 8.98 Å². The van der Waals surface area contributed by atoms with Gasteiger partial charge in [-0.15, -0.1) is 11.3 Å². The van der Waals surface area contributed by atoms with Gasteiger partial charge in [0.1, 0.15) is 12.1 Å². The number of nitrogens with one attached hydrogen (secondary N) is 2. The van der Waals surface area contributed by atoms with Gasteiger partial charge in [-0.2, -0.15) is 8.42 Å². The molecule has 1 aliphatic carbocycles. The maximum Gasteiger partial charge on any atom is 0.333 e. The van der Waals surface area contributed by atoms with Crippen LogP contribution in [0.5, 0.6) is 0 Å². The summed E-state index contributed by atoms with van der Waals surface area (Å²) in [7, 11) is -3.96. The van der Waals surface area contributed by atoms with Crippen molar-refractivity contribution in [2.45, 2.75) is 44.7 Å². The lowest BCUT2D eigenvalue weighted by atomic mass is 9.90. The number of ketones is 1. The molecule has 0 spiro atoms. The molecule has 0 amide bonds. The number of halogens is 1. The molecule has 37 heavy (non-hydrogen) atoms. The lowest BCUT2D eigenvalue weighted by Gasteiger charge is -2.27. The third-order valence-electron chi connectivity index (χ3n) is 6.96. The summed E-state index contributed by atoms with van der Waals surface area (Å²) in [5.74, 6) is 0.383. The summed E-state index contributed by atoms with van der Waals surface area (Å²) in [5, 5.41) is 12.6. The van der Waals surface area contributed by atoms with Crippen LogP contribution < -0.4 is 15.8 Å². The van der Waals surface area contributed by atoms with Gasteiger partial charge in [0.15, 0.2) is 0 Å². The minimum absolute atomic E-state index is 0.0279. The minimum atomic E-state index is -3.96. The topological polar surface area (TPSA) is 136 Å². The Balaban J connectivity index is 1.34. The maximum absolute atomic E-state index is 13.6. The van der Waals surface area contributed by atoms with E-state index in [1.807, 2.05) is 25.1 Å². The molecule has 1 fully saturated rings. The monoisotopic (exact) mass is 561 g/mol. The number of hydrogen-bond acceptors (Lipinski definition) is 9. The van der Waals surface area contributed by atoms with E-state index in [-0.39, 0.29) is 30.4 Å². The van der Waals surface area contributed by atoms with Crippen molar-refractivity contribution in [3.8, 4) is 0 Å². The van der Waals surface area contributed by atoms with E-state index in [9.17, 15) is 13.2 Å². The van der Waals surface area contributed by atoms with Crippen LogP contribution in [0.15, 0.2) is 36.8 Å². The van der Waals surface area contributed by atoms with Gasteiger partial charge in [-0.05, 0) is 73.4 Å². The zero-order valence-corrected chi connectivity index (χ0v) is 22.6. The molecule has 4 N–H and O–H groups in total. The van der Waals surface area contributed by atoms with Crippen LogP contribution in [-0.2, 0) is 20.9 Å². The van der Waals surface area contributed by atoms with Crippen LogP contribution in [0.25, 0.3) is 0 Å². The Hall–Kier alpha value is -2.41. The average Bonchev–Trinajstić information content (AvgIpc) is 3.48. The quantitative estimate of drug-likeness (QED) is 0.354. The molecule has 3 atom stereocenters. The van der Waals surface area contributed by atoms with Crippen molar-refractivity contribution in [3.05, 3.63) is 73.8 Å². The van der Waals surface area contributed by atoms with Gasteiger partial charge in [-0.1, -0.05) is 17.7 Å². The van der Waals surface area contributed by atoms with E-state index >= 15 is 0 Å². The number of hydrogen-bond donors (Lipinski definition) is 3. The van der Waals surface area contributed by atoms with Gasteiger partial charge in [0.2, 0.25) is 5.78 Å². The van der Waals surface area contributed by atoms with Crippen molar-refractivity contribution < 1.29 is 17.4 Å². The second-order valence-corrected chi connectivity index (χ2v) is 12.4. The zero-order valence-electron chi connectivity index (χ0n) is 20.2. The number of carbonyl (C=O) groups is 1. The van der Waals surface area contributed by atoms with E-state index in [0.717, 1.165) is 41.8 Å². The molecule has 2 aromatic heterocycles. The van der Waals surface area contributed by atoms with Gasteiger partial charge in [0.25, 0.3) is 0 Å². The van der Waals surface area contributed by atoms with Crippen LogP contribution in [0, 0.1) is 12.8 Å². The summed E-state index contributed by atoms with van der Waals surface area (Å²) in [6.07, 6.45) is 6.16. The van der Waals surface area contributed by atoms with Crippen molar-refractivity contribution in [1.29, 1.82) is 0 Å². The van der Waals surface area contributed by atoms with E-state index in [4.69, 9.17) is 20.9 Å². The molecule has 9 nitrogen and oxygen atoms in total. The second-order valence-electron chi connectivity index (χ2n) is 9.51. The van der Waals surface area contributed by atoms with Gasteiger partial charge < -0.3 is 10.6 Å². The van der Waals surface area contributed by atoms with Crippen molar-refractivity contribution in [2.75, 3.05) is 18.5 Å². The maximum atomic E-state index is 13.6. The molecule has 5 rings (SSSR count). The zero-order chi connectivity index (χ0) is 26.2. The van der Waals surface area contributed by atoms with Crippen LogP contribution in [0.4, 0.5) is 5.82 Å². The normalized spacial score (nSPS) is 21.5. The first-order chi connectivity index (χ1) is 17.7. The Morgan fingerprint density at radius 3 is 2.95 bits per heavy atom. The lowest BCUT2D eigenvalue weighted by Crippen LogP contribution is -2.30. The number of aryl methyl sites for hydroxylation is 1. The Labute approximate surface area is 225 Å². The summed E-state index contributed by atoms with van der Waals surface area (Å²) in [5.41, 5.74) is 3.88. The average molecular weight is 562 g/mol. The largest absolute Gasteiger partial charge is 0.367 e. The first-order valence-corrected chi connectivity index (χ1v) is 14.7. The number of anilines is 1. The van der Waals surface area contributed by atoms with Crippen molar-refractivity contribution in [2.24, 2.45) is 11.1 Å². The highest BCUT2D eigenvalue weighted by Crippen LogP contribution is 2.37. The number of aromatic nitrogens is 2. The second kappa shape index (κ2) is 10.8. The van der Waals surface area contributed by atoms with Crippen LogP contribution in [0.1, 0.15) is 62.1 Å². The molecule has 3 heterocycles. The molecule has 0 saturated heterocycles. The van der Waals surface area contributed by atoms with Crippen molar-refractivity contribution >= 4 is 44.8 Å². The first-order valence-electron chi connectivity index (χ1n) is 12.1. The molecule has 2 aliphatic rings. The Bertz CT molecular complexity index is 1430. The number of nitrogens with two attached hydrogens (primary N) is 1. The van der Waals surface area contributed by atoms with Gasteiger partial charge in [0.05, 0.1) is 23.1 Å². The molecule has 1 aromatic carbocycles. The van der Waals surface area contributed by atoms with Crippen LogP contribution in [0.2, 0.25) is 5.02 Å². The number of thiophene rings is 1. The summed E-state index contributed by atoms with van der Waals surface area (Å²) in [4.78, 5) is 23.7. The van der Waals surface area contributed by atoms with Crippen LogP contribution in [0.3, 0.4) is 0 Å². The van der Waals surface area contributed by atoms with E-state index in [1.54, 1.807) is 0 Å². The molecule has 0 bridgehead atoms. The molecule has 0 radical (unpaired) electrons. The lowest BCUT2D eigenvalue weighted by molar-refractivity contribution is 0.104.